The van der Waals surface area contributed by atoms with Gasteiger partial charge in [-0.05, 0) is 54.2 Å². The van der Waals surface area contributed by atoms with Crippen LogP contribution in [0.2, 0.25) is 0 Å². The van der Waals surface area contributed by atoms with Crippen LogP contribution in [-0.2, 0) is 4.74 Å². The van der Waals surface area contributed by atoms with Gasteiger partial charge in [-0.15, -0.1) is 0 Å². The first-order valence-electron chi connectivity index (χ1n) is 7.99. The number of ether oxygens (including phenoxy) is 1. The molecular formula is C18H17F3N2OS2. The first-order chi connectivity index (χ1) is 12.5. The van der Waals surface area contributed by atoms with Gasteiger partial charge < -0.3 is 15.0 Å². The van der Waals surface area contributed by atoms with E-state index in [1.54, 1.807) is 36.4 Å². The van der Waals surface area contributed by atoms with Crippen LogP contribution in [0, 0.1) is 5.82 Å². The molecule has 0 bridgehead atoms. The van der Waals surface area contributed by atoms with Gasteiger partial charge in [0.15, 0.2) is 5.11 Å². The van der Waals surface area contributed by atoms with Crippen molar-refractivity contribution in [1.29, 1.82) is 0 Å². The van der Waals surface area contributed by atoms with E-state index in [1.807, 2.05) is 4.90 Å². The van der Waals surface area contributed by atoms with E-state index in [0.29, 0.717) is 41.5 Å². The molecule has 2 aromatic rings. The van der Waals surface area contributed by atoms with E-state index in [4.69, 9.17) is 17.0 Å². The molecule has 0 radical (unpaired) electrons. The van der Waals surface area contributed by atoms with Crippen LogP contribution in [-0.4, -0.2) is 35.5 Å². The number of hydrogen-bond donors (Lipinski definition) is 1. The fourth-order valence-corrected chi connectivity index (χ4v) is 3.42. The number of hydrogen-bond acceptors (Lipinski definition) is 3. The SMILES string of the molecule is Fc1ccc([C@H]2CN(C(=S)Nc3ccc(SC(F)F)cc3)CCO2)cc1. The van der Waals surface area contributed by atoms with Gasteiger partial charge in [-0.1, -0.05) is 23.9 Å². The number of morpholine rings is 1. The summed E-state index contributed by atoms with van der Waals surface area (Å²) in [5, 5.41) is 3.66. The van der Waals surface area contributed by atoms with Gasteiger partial charge in [-0.2, -0.15) is 8.78 Å². The number of rotatable bonds is 4. The monoisotopic (exact) mass is 398 g/mol. The molecule has 1 N–H and O–H groups in total. The molecule has 0 saturated carbocycles. The quantitative estimate of drug-likeness (QED) is 0.583. The Kier molecular flexibility index (Phi) is 6.39. The molecule has 3 nitrogen and oxygen atoms in total. The summed E-state index contributed by atoms with van der Waals surface area (Å²) in [6.07, 6.45) is -0.186. The third-order valence-corrected chi connectivity index (χ3v) is 5.01. The first kappa shape index (κ1) is 19.0. The molecule has 0 aromatic heterocycles. The number of alkyl halides is 2. The Morgan fingerprint density at radius 2 is 1.85 bits per heavy atom. The van der Waals surface area contributed by atoms with Crippen molar-refractivity contribution < 1.29 is 17.9 Å². The smallest absolute Gasteiger partial charge is 0.288 e. The summed E-state index contributed by atoms with van der Waals surface area (Å²) in [4.78, 5) is 2.48. The van der Waals surface area contributed by atoms with E-state index in [0.717, 1.165) is 11.3 Å². The van der Waals surface area contributed by atoms with Crippen molar-refractivity contribution in [3.05, 3.63) is 59.9 Å². The van der Waals surface area contributed by atoms with Crippen LogP contribution < -0.4 is 5.32 Å². The van der Waals surface area contributed by atoms with Crippen molar-refractivity contribution in [3.8, 4) is 0 Å². The normalized spacial score (nSPS) is 17.4. The van der Waals surface area contributed by atoms with Crippen LogP contribution in [0.3, 0.4) is 0 Å². The molecule has 138 valence electrons. The summed E-state index contributed by atoms with van der Waals surface area (Å²) in [6, 6.07) is 12.9. The molecule has 1 aliphatic rings. The molecule has 1 saturated heterocycles. The predicted molar refractivity (Wildman–Crippen MR) is 101 cm³/mol. The Balaban J connectivity index is 1.59. The summed E-state index contributed by atoms with van der Waals surface area (Å²) in [7, 11) is 0. The Morgan fingerprint density at radius 1 is 1.15 bits per heavy atom. The number of thioether (sulfide) groups is 1. The van der Waals surface area contributed by atoms with E-state index in [1.165, 1.54) is 12.1 Å². The molecule has 0 aliphatic carbocycles. The Hall–Kier alpha value is -1.77. The molecule has 1 fully saturated rings. The van der Waals surface area contributed by atoms with E-state index >= 15 is 0 Å². The fraction of sp³-hybridized carbons (Fsp3) is 0.278. The summed E-state index contributed by atoms with van der Waals surface area (Å²) >= 11 is 5.96. The van der Waals surface area contributed by atoms with Crippen molar-refractivity contribution in [1.82, 2.24) is 4.90 Å². The second kappa shape index (κ2) is 8.75. The lowest BCUT2D eigenvalue weighted by Gasteiger charge is -2.35. The standard InChI is InChI=1S/C18H17F3N2OS2/c19-13-3-1-12(2-4-13)16-11-23(9-10-24-16)18(25)22-14-5-7-15(8-6-14)26-17(20)21/h1-8,16-17H,9-11H2,(H,22,25)/t16-/m1/s1. The molecular weight excluding hydrogens is 381 g/mol. The van der Waals surface area contributed by atoms with Crippen LogP contribution in [0.15, 0.2) is 53.4 Å². The maximum Gasteiger partial charge on any atom is 0.288 e. The zero-order valence-corrected chi connectivity index (χ0v) is 15.3. The number of benzene rings is 2. The number of halogens is 3. The maximum absolute atomic E-state index is 13.1. The van der Waals surface area contributed by atoms with Gasteiger partial charge in [-0.25, -0.2) is 4.39 Å². The van der Waals surface area contributed by atoms with Crippen molar-refractivity contribution in [2.75, 3.05) is 25.0 Å². The van der Waals surface area contributed by atoms with E-state index in [2.05, 4.69) is 5.32 Å². The maximum atomic E-state index is 13.1. The van der Waals surface area contributed by atoms with Gasteiger partial charge in [0, 0.05) is 17.1 Å². The zero-order valence-electron chi connectivity index (χ0n) is 13.7. The van der Waals surface area contributed by atoms with Crippen molar-refractivity contribution in [3.63, 3.8) is 0 Å². The summed E-state index contributed by atoms with van der Waals surface area (Å²) in [6.45, 7) is 1.70. The topological polar surface area (TPSA) is 24.5 Å². The Morgan fingerprint density at radius 3 is 2.50 bits per heavy atom. The van der Waals surface area contributed by atoms with E-state index in [-0.39, 0.29) is 11.9 Å². The molecule has 1 atom stereocenters. The largest absolute Gasteiger partial charge is 0.370 e. The number of nitrogens with one attached hydrogen (secondary N) is 1. The molecule has 1 aliphatic heterocycles. The Bertz CT molecular complexity index is 741. The van der Waals surface area contributed by atoms with Crippen LogP contribution in [0.4, 0.5) is 18.9 Å². The average molecular weight is 398 g/mol. The third kappa shape index (κ3) is 5.12. The van der Waals surface area contributed by atoms with Crippen molar-refractivity contribution in [2.24, 2.45) is 0 Å². The third-order valence-electron chi connectivity index (χ3n) is 3.93. The minimum Gasteiger partial charge on any atom is -0.370 e. The molecule has 0 amide bonds. The summed E-state index contributed by atoms with van der Waals surface area (Å²) in [5.74, 6) is -2.72. The Labute approximate surface area is 159 Å². The molecule has 8 heteroatoms. The lowest BCUT2D eigenvalue weighted by atomic mass is 10.1. The minimum atomic E-state index is -2.44. The van der Waals surface area contributed by atoms with E-state index < -0.39 is 5.76 Å². The second-order valence-electron chi connectivity index (χ2n) is 5.69. The average Bonchev–Trinajstić information content (AvgIpc) is 2.63. The number of anilines is 1. The summed E-state index contributed by atoms with van der Waals surface area (Å²) < 4.78 is 43.6. The van der Waals surface area contributed by atoms with Gasteiger partial charge in [0.1, 0.15) is 11.9 Å². The second-order valence-corrected chi connectivity index (χ2v) is 7.14. The molecule has 0 spiro atoms. The molecule has 2 aromatic carbocycles. The van der Waals surface area contributed by atoms with Gasteiger partial charge in [0.05, 0.1) is 13.2 Å². The van der Waals surface area contributed by atoms with Gasteiger partial charge in [0.25, 0.3) is 5.76 Å². The first-order valence-corrected chi connectivity index (χ1v) is 9.28. The zero-order chi connectivity index (χ0) is 18.5. The summed E-state index contributed by atoms with van der Waals surface area (Å²) in [5.41, 5.74) is 1.63. The number of thiocarbonyl (C=S) groups is 1. The predicted octanol–water partition coefficient (Wildman–Crippen LogP) is 4.91. The highest BCUT2D eigenvalue weighted by atomic mass is 32.2. The lowest BCUT2D eigenvalue weighted by Crippen LogP contribution is -2.44. The van der Waals surface area contributed by atoms with Crippen LogP contribution >= 0.6 is 24.0 Å². The fourth-order valence-electron chi connectivity index (χ4n) is 2.64. The van der Waals surface area contributed by atoms with Gasteiger partial charge in [-0.3, -0.25) is 0 Å². The van der Waals surface area contributed by atoms with E-state index in [9.17, 15) is 13.2 Å². The van der Waals surface area contributed by atoms with Gasteiger partial charge >= 0.3 is 0 Å². The molecule has 26 heavy (non-hydrogen) atoms. The van der Waals surface area contributed by atoms with Crippen LogP contribution in [0.5, 0.6) is 0 Å². The highest BCUT2D eigenvalue weighted by Crippen LogP contribution is 2.27. The highest BCUT2D eigenvalue weighted by molar-refractivity contribution is 7.99. The molecule has 1 heterocycles. The molecule has 0 unspecified atom stereocenters. The highest BCUT2D eigenvalue weighted by Gasteiger charge is 2.23. The van der Waals surface area contributed by atoms with Gasteiger partial charge in [0.2, 0.25) is 0 Å². The van der Waals surface area contributed by atoms with Crippen molar-refractivity contribution >= 4 is 34.8 Å². The lowest BCUT2D eigenvalue weighted by molar-refractivity contribution is -0.00616. The minimum absolute atomic E-state index is 0.186. The van der Waals surface area contributed by atoms with Crippen LogP contribution in [0.1, 0.15) is 11.7 Å². The number of nitrogens with zero attached hydrogens (tertiary/aromatic N) is 1. The van der Waals surface area contributed by atoms with Crippen molar-refractivity contribution in [2.45, 2.75) is 16.8 Å². The van der Waals surface area contributed by atoms with Crippen LogP contribution in [0.25, 0.3) is 0 Å². The molecule has 3 rings (SSSR count).